The number of nitrogens with zero attached hydrogens (tertiary/aromatic N) is 5. The molecule has 0 saturated carbocycles. The molecule has 1 atom stereocenters. The van der Waals surface area contributed by atoms with Crippen molar-refractivity contribution in [3.05, 3.63) is 18.1 Å². The molecule has 140 valence electrons. The highest BCUT2D eigenvalue weighted by molar-refractivity contribution is 5.82. The van der Waals surface area contributed by atoms with Crippen LogP contribution in [0.15, 0.2) is 12.4 Å². The fourth-order valence-corrected chi connectivity index (χ4v) is 3.34. The van der Waals surface area contributed by atoms with Gasteiger partial charge in [-0.2, -0.15) is 5.10 Å². The first-order chi connectivity index (χ1) is 12.3. The zero-order valence-corrected chi connectivity index (χ0v) is 15.8. The molecule has 0 aliphatic carbocycles. The Kier molecular flexibility index (Phi) is 4.93. The van der Waals surface area contributed by atoms with Crippen molar-refractivity contribution in [2.24, 2.45) is 5.41 Å². The quantitative estimate of drug-likeness (QED) is 0.890. The van der Waals surface area contributed by atoms with E-state index in [1.807, 2.05) is 25.7 Å². The molecule has 8 nitrogen and oxygen atoms in total. The summed E-state index contributed by atoms with van der Waals surface area (Å²) in [6.07, 6.45) is 4.18. The van der Waals surface area contributed by atoms with Gasteiger partial charge in [0.25, 0.3) is 0 Å². The van der Waals surface area contributed by atoms with Gasteiger partial charge in [-0.25, -0.2) is 14.6 Å². The van der Waals surface area contributed by atoms with E-state index in [9.17, 15) is 9.59 Å². The molecule has 0 bridgehead atoms. The Morgan fingerprint density at radius 3 is 2.69 bits per heavy atom. The largest absolute Gasteiger partial charge is 0.354 e. The first-order valence-electron chi connectivity index (χ1n) is 8.98. The van der Waals surface area contributed by atoms with Crippen LogP contribution < -0.4 is 5.32 Å². The summed E-state index contributed by atoms with van der Waals surface area (Å²) in [5, 5.41) is 7.50. The molecule has 1 aliphatic rings. The zero-order chi connectivity index (χ0) is 18.9. The van der Waals surface area contributed by atoms with Crippen molar-refractivity contribution in [3.63, 3.8) is 0 Å². The molecule has 3 rings (SSSR count). The van der Waals surface area contributed by atoms with Gasteiger partial charge in [0.05, 0.1) is 12.2 Å². The minimum atomic E-state index is -0.380. The lowest BCUT2D eigenvalue weighted by atomic mass is 9.95. The van der Waals surface area contributed by atoms with E-state index in [0.29, 0.717) is 25.3 Å². The highest BCUT2D eigenvalue weighted by Gasteiger charge is 2.35. The van der Waals surface area contributed by atoms with Gasteiger partial charge in [0, 0.05) is 50.3 Å². The van der Waals surface area contributed by atoms with Crippen LogP contribution >= 0.6 is 0 Å². The van der Waals surface area contributed by atoms with Crippen molar-refractivity contribution in [1.29, 1.82) is 0 Å². The van der Waals surface area contributed by atoms with Crippen molar-refractivity contribution in [1.82, 2.24) is 30.0 Å². The molecule has 1 aliphatic heterocycles. The minimum Gasteiger partial charge on any atom is -0.354 e. The van der Waals surface area contributed by atoms with E-state index < -0.39 is 0 Å². The van der Waals surface area contributed by atoms with Gasteiger partial charge < -0.3 is 10.2 Å². The smallest absolute Gasteiger partial charge is 0.227 e. The van der Waals surface area contributed by atoms with Crippen LogP contribution in [0.25, 0.3) is 11.2 Å². The van der Waals surface area contributed by atoms with Crippen LogP contribution in [0.4, 0.5) is 0 Å². The number of fused-ring (bicyclic) bond motifs is 1. The summed E-state index contributed by atoms with van der Waals surface area (Å²) in [6, 6.07) is 0. The second-order valence-electron chi connectivity index (χ2n) is 7.81. The lowest BCUT2D eigenvalue weighted by molar-refractivity contribution is -0.138. The molecular formula is C18H26N6O2. The van der Waals surface area contributed by atoms with Gasteiger partial charge in [0.2, 0.25) is 11.8 Å². The van der Waals surface area contributed by atoms with Crippen molar-refractivity contribution in [2.45, 2.75) is 46.6 Å². The van der Waals surface area contributed by atoms with E-state index in [0.717, 1.165) is 24.2 Å². The van der Waals surface area contributed by atoms with Crippen LogP contribution in [0.2, 0.25) is 0 Å². The summed E-state index contributed by atoms with van der Waals surface area (Å²) in [7, 11) is 0. The molecule has 2 aromatic heterocycles. The Morgan fingerprint density at radius 2 is 2.00 bits per heavy atom. The molecule has 0 unspecified atom stereocenters. The number of amides is 2. The maximum absolute atomic E-state index is 12.5. The van der Waals surface area contributed by atoms with Gasteiger partial charge in [-0.15, -0.1) is 0 Å². The van der Waals surface area contributed by atoms with Crippen LogP contribution in [0.3, 0.4) is 0 Å². The average Bonchev–Trinajstić information content (AvgIpc) is 3.18. The molecule has 2 aromatic rings. The molecule has 0 aromatic carbocycles. The Morgan fingerprint density at radius 1 is 1.27 bits per heavy atom. The number of carbonyl (C=O) groups excluding carboxylic acids is 2. The van der Waals surface area contributed by atoms with E-state index in [1.54, 1.807) is 17.1 Å². The summed E-state index contributed by atoms with van der Waals surface area (Å²) in [5.41, 5.74) is 2.01. The Labute approximate surface area is 153 Å². The molecule has 0 spiro atoms. The van der Waals surface area contributed by atoms with Crippen molar-refractivity contribution >= 4 is 23.0 Å². The van der Waals surface area contributed by atoms with E-state index in [-0.39, 0.29) is 23.1 Å². The lowest BCUT2D eigenvalue weighted by Gasteiger charge is -2.25. The summed E-state index contributed by atoms with van der Waals surface area (Å²) in [6.45, 7) is 9.74. The molecule has 1 fully saturated rings. The monoisotopic (exact) mass is 358 g/mol. The van der Waals surface area contributed by atoms with Crippen LogP contribution in [0.5, 0.6) is 0 Å². The highest BCUT2D eigenvalue weighted by atomic mass is 16.2. The van der Waals surface area contributed by atoms with E-state index in [4.69, 9.17) is 5.10 Å². The van der Waals surface area contributed by atoms with E-state index >= 15 is 0 Å². The number of aromatic nitrogens is 4. The van der Waals surface area contributed by atoms with Crippen molar-refractivity contribution in [2.75, 3.05) is 19.6 Å². The summed E-state index contributed by atoms with van der Waals surface area (Å²) >= 11 is 0. The lowest BCUT2D eigenvalue weighted by Crippen LogP contribution is -2.37. The van der Waals surface area contributed by atoms with Crippen LogP contribution in [-0.4, -0.2) is 56.1 Å². The first-order valence-corrected chi connectivity index (χ1v) is 8.98. The molecule has 3 heterocycles. The normalized spacial score (nSPS) is 17.7. The fraction of sp³-hybridized carbons (Fsp3) is 0.611. The third-order valence-corrected chi connectivity index (χ3v) is 4.60. The maximum atomic E-state index is 12.5. The number of likely N-dealkylation sites (tertiary alicyclic amines) is 1. The second kappa shape index (κ2) is 7.01. The van der Waals surface area contributed by atoms with Gasteiger partial charge in [-0.05, 0) is 6.42 Å². The predicted molar refractivity (Wildman–Crippen MR) is 97.4 cm³/mol. The minimum absolute atomic E-state index is 0.0695. The maximum Gasteiger partial charge on any atom is 0.227 e. The highest BCUT2D eigenvalue weighted by Crippen LogP contribution is 2.32. The van der Waals surface area contributed by atoms with Crippen LogP contribution in [0.1, 0.15) is 45.7 Å². The molecule has 1 N–H and O–H groups in total. The number of hydrogen-bond donors (Lipinski definition) is 1. The number of nitrogens with one attached hydrogen (secondary N) is 1. The summed E-state index contributed by atoms with van der Waals surface area (Å²) in [5.74, 6) is 0.253. The van der Waals surface area contributed by atoms with E-state index in [1.165, 1.54) is 6.92 Å². The van der Waals surface area contributed by atoms with Gasteiger partial charge in [0.15, 0.2) is 5.65 Å². The van der Waals surface area contributed by atoms with Gasteiger partial charge >= 0.3 is 0 Å². The van der Waals surface area contributed by atoms with Crippen LogP contribution in [0, 0.1) is 5.41 Å². The number of carbonyl (C=O) groups is 2. The topological polar surface area (TPSA) is 93.0 Å². The predicted octanol–water partition coefficient (Wildman–Crippen LogP) is 1.32. The number of hydrogen-bond acceptors (Lipinski definition) is 5. The summed E-state index contributed by atoms with van der Waals surface area (Å²) in [4.78, 5) is 34.4. The first kappa shape index (κ1) is 18.3. The fourth-order valence-electron chi connectivity index (χ4n) is 3.34. The van der Waals surface area contributed by atoms with E-state index in [2.05, 4.69) is 15.3 Å². The Balaban J connectivity index is 1.82. The van der Waals surface area contributed by atoms with Gasteiger partial charge in [-0.1, -0.05) is 20.8 Å². The molecule has 8 heteroatoms. The molecule has 2 amide bonds. The zero-order valence-electron chi connectivity index (χ0n) is 15.8. The summed E-state index contributed by atoms with van der Waals surface area (Å²) < 4.78 is 1.79. The SMILES string of the molecule is CC(=O)NCCn1nc([C@H]2CCN(C(=O)C(C)(C)C)C2)c2nccnc21. The molecule has 0 radical (unpaired) electrons. The number of rotatable bonds is 4. The van der Waals surface area contributed by atoms with Crippen molar-refractivity contribution in [3.8, 4) is 0 Å². The molecular weight excluding hydrogens is 332 g/mol. The third-order valence-electron chi connectivity index (χ3n) is 4.60. The molecule has 26 heavy (non-hydrogen) atoms. The standard InChI is InChI=1S/C18H26N6O2/c1-12(25)19-8-10-24-16-15(20-6-7-21-16)14(22-24)13-5-9-23(11-13)17(26)18(2,3)4/h6-7,13H,5,8-11H2,1-4H3,(H,19,25)/t13-/m0/s1. The third kappa shape index (κ3) is 3.68. The van der Waals surface area contributed by atoms with Gasteiger partial charge in [0.1, 0.15) is 5.52 Å². The molecule has 1 saturated heterocycles. The van der Waals surface area contributed by atoms with Gasteiger partial charge in [-0.3, -0.25) is 9.59 Å². The second-order valence-corrected chi connectivity index (χ2v) is 7.81. The van der Waals surface area contributed by atoms with Crippen LogP contribution in [-0.2, 0) is 16.1 Å². The Bertz CT molecular complexity index is 823. The van der Waals surface area contributed by atoms with Crippen molar-refractivity contribution < 1.29 is 9.59 Å². The Hall–Kier alpha value is -2.51. The average molecular weight is 358 g/mol.